The maximum absolute atomic E-state index is 14.0. The predicted octanol–water partition coefficient (Wildman–Crippen LogP) is 4.71. The number of thioether (sulfide) groups is 1. The Hall–Kier alpha value is -5.27. The van der Waals surface area contributed by atoms with E-state index in [0.29, 0.717) is 51.9 Å². The number of rotatable bonds is 8. The van der Waals surface area contributed by atoms with Crippen LogP contribution < -0.4 is 29.0 Å². The summed E-state index contributed by atoms with van der Waals surface area (Å²) in [6.07, 6.45) is 3.60. The van der Waals surface area contributed by atoms with E-state index in [2.05, 4.69) is 27.3 Å². The zero-order chi connectivity index (χ0) is 40.1. The molecule has 0 spiro atoms. The summed E-state index contributed by atoms with van der Waals surface area (Å²) in [4.78, 5) is 44.6. The van der Waals surface area contributed by atoms with E-state index < -0.39 is 53.3 Å². The minimum Gasteiger partial charge on any atom is -0.493 e. The summed E-state index contributed by atoms with van der Waals surface area (Å²) in [6.45, 7) is 4.86. The number of nitrogens with one attached hydrogen (secondary N) is 1. The second-order valence-electron chi connectivity index (χ2n) is 14.7. The first-order valence-corrected chi connectivity index (χ1v) is 19.8. The summed E-state index contributed by atoms with van der Waals surface area (Å²) in [5.74, 6) is 0.829. The van der Waals surface area contributed by atoms with Gasteiger partial charge in [-0.15, -0.1) is 11.8 Å². The molecule has 6 aliphatic rings. The fraction of sp³-hybridized carbons (Fsp3) is 0.429. The van der Waals surface area contributed by atoms with Crippen LogP contribution >= 0.6 is 11.8 Å². The van der Waals surface area contributed by atoms with Crippen LogP contribution in [0.25, 0.3) is 6.08 Å². The Morgan fingerprint density at radius 2 is 1.82 bits per heavy atom. The quantitative estimate of drug-likeness (QED) is 0.145. The van der Waals surface area contributed by atoms with Gasteiger partial charge in [0.1, 0.15) is 24.4 Å². The summed E-state index contributed by atoms with van der Waals surface area (Å²) in [7, 11) is 5.18. The van der Waals surface area contributed by atoms with Gasteiger partial charge in [-0.1, -0.05) is 36.4 Å². The number of hydrogen-bond acceptors (Lipinski definition) is 14. The molecular formula is C42H44N4O10S. The maximum Gasteiger partial charge on any atom is 0.329 e. The lowest BCUT2D eigenvalue weighted by molar-refractivity contribution is -0.152. The van der Waals surface area contributed by atoms with E-state index in [4.69, 9.17) is 33.2 Å². The van der Waals surface area contributed by atoms with Gasteiger partial charge in [0.25, 0.3) is 0 Å². The van der Waals surface area contributed by atoms with Crippen molar-refractivity contribution in [2.45, 2.75) is 68.7 Å². The Bertz CT molecular complexity index is 2190. The summed E-state index contributed by atoms with van der Waals surface area (Å²) in [6, 6.07) is 10.5. The smallest absolute Gasteiger partial charge is 0.329 e. The molecule has 0 radical (unpaired) electrons. The van der Waals surface area contributed by atoms with Gasteiger partial charge >= 0.3 is 11.9 Å². The van der Waals surface area contributed by atoms with Crippen LogP contribution in [0.3, 0.4) is 0 Å². The van der Waals surface area contributed by atoms with Gasteiger partial charge < -0.3 is 38.5 Å². The molecular weight excluding hydrogens is 753 g/mol. The lowest BCUT2D eigenvalue weighted by atomic mass is 9.71. The van der Waals surface area contributed by atoms with Crippen molar-refractivity contribution in [3.05, 3.63) is 81.4 Å². The molecule has 1 N–H and O–H groups in total. The number of aryl methyl sites for hydroxylation is 1. The normalized spacial score (nSPS) is 26.1. The Labute approximate surface area is 334 Å². The van der Waals surface area contributed by atoms with Crippen molar-refractivity contribution in [2.75, 3.05) is 47.2 Å². The molecule has 4 bridgehead atoms. The lowest BCUT2D eigenvalue weighted by Gasteiger charge is -2.61. The summed E-state index contributed by atoms with van der Waals surface area (Å²) in [5, 5.41) is 13.4. The number of hydrogen-bond donors (Lipinski definition) is 1. The first kappa shape index (κ1) is 38.6. The van der Waals surface area contributed by atoms with Crippen molar-refractivity contribution in [1.82, 2.24) is 15.1 Å². The number of piperazine rings is 1. The van der Waals surface area contributed by atoms with Crippen LogP contribution in [0.2, 0.25) is 0 Å². The first-order valence-electron chi connectivity index (χ1n) is 18.7. The highest BCUT2D eigenvalue weighted by atomic mass is 32.2. The van der Waals surface area contributed by atoms with Crippen LogP contribution in [0.5, 0.6) is 28.7 Å². The van der Waals surface area contributed by atoms with Gasteiger partial charge in [0.05, 0.1) is 30.5 Å². The number of nitriles is 1. The molecule has 1 amide bonds. The zero-order valence-corrected chi connectivity index (χ0v) is 33.3. The van der Waals surface area contributed by atoms with Crippen LogP contribution in [0.4, 0.5) is 0 Å². The van der Waals surface area contributed by atoms with Gasteiger partial charge in [-0.05, 0) is 50.1 Å². The molecule has 3 aromatic rings. The molecule has 9 rings (SSSR count). The van der Waals surface area contributed by atoms with Crippen molar-refractivity contribution in [2.24, 2.45) is 0 Å². The van der Waals surface area contributed by atoms with E-state index >= 15 is 0 Å². The van der Waals surface area contributed by atoms with Crippen LogP contribution in [0.1, 0.15) is 63.2 Å². The van der Waals surface area contributed by atoms with Gasteiger partial charge in [0, 0.05) is 60.2 Å². The molecule has 298 valence electrons. The van der Waals surface area contributed by atoms with Gasteiger partial charge in [0.15, 0.2) is 29.8 Å². The monoisotopic (exact) mass is 796 g/mol. The largest absolute Gasteiger partial charge is 0.493 e. The third kappa shape index (κ3) is 6.54. The standard InChI is InChI=1S/C42H44N4O10S/c1-21-14-25-15-27-28(16-43)46-29-17-52-42(49)26(44-30(48)13-12-24-10-8-7-9-11-24)18-57-41(33-32(29)40-38(54-20-55-40)22(2)37(33)56-23(3)47)35(46)34(45(27)4)31(25)39(36(21)51-6)53-19-50-5/h7-14,26-29,34-35,41H,15,17-20H2,1-6H3,(H,44,48)/t26-,27-,28-,29-,34+,35?,41+/m0/s1. The van der Waals surface area contributed by atoms with Gasteiger partial charge in [-0.25, -0.2) is 4.79 Å². The molecule has 0 saturated carbocycles. The molecule has 1 unspecified atom stereocenters. The number of ether oxygens (including phenoxy) is 7. The van der Waals surface area contributed by atoms with Gasteiger partial charge in [-0.3, -0.25) is 19.4 Å². The van der Waals surface area contributed by atoms with Crippen molar-refractivity contribution >= 4 is 35.7 Å². The molecule has 0 aromatic heterocycles. The van der Waals surface area contributed by atoms with Crippen molar-refractivity contribution in [3.63, 3.8) is 0 Å². The third-order valence-electron chi connectivity index (χ3n) is 11.5. The number of fused-ring (bicyclic) bond motifs is 10. The highest BCUT2D eigenvalue weighted by Crippen LogP contribution is 2.64. The van der Waals surface area contributed by atoms with Gasteiger partial charge in [0.2, 0.25) is 12.7 Å². The molecule has 6 heterocycles. The SMILES string of the molecule is COCOc1c(OC)c(C)cc2c1[C@@H]1C3[C@@H]4SC[C@H](NC(=O)C=Cc5ccccc5)C(=O)OC[C@@H](c5c6c(c(C)c(OC(C)=O)c54)OCO6)N3[C@@H](C#N)[C@H](C2)N1C. The number of carbonyl (C=O) groups is 3. The summed E-state index contributed by atoms with van der Waals surface area (Å²) < 4.78 is 42.2. The Kier molecular flexibility index (Phi) is 10.6. The molecule has 15 heteroatoms. The van der Waals surface area contributed by atoms with Crippen LogP contribution in [0.15, 0.2) is 42.5 Å². The van der Waals surface area contributed by atoms with E-state index in [1.807, 2.05) is 51.2 Å². The van der Waals surface area contributed by atoms with Crippen molar-refractivity contribution in [3.8, 4) is 34.8 Å². The second kappa shape index (κ2) is 15.6. The van der Waals surface area contributed by atoms with Crippen LogP contribution in [0, 0.1) is 25.2 Å². The summed E-state index contributed by atoms with van der Waals surface area (Å²) in [5.41, 5.74) is 5.54. The highest BCUT2D eigenvalue weighted by molar-refractivity contribution is 7.99. The Balaban J connectivity index is 1.33. The fourth-order valence-electron chi connectivity index (χ4n) is 9.26. The van der Waals surface area contributed by atoms with E-state index in [-0.39, 0.29) is 32.0 Å². The van der Waals surface area contributed by atoms with E-state index in [1.165, 1.54) is 24.8 Å². The molecule has 14 nitrogen and oxygen atoms in total. The molecule has 2 saturated heterocycles. The third-order valence-corrected chi connectivity index (χ3v) is 12.9. The van der Waals surface area contributed by atoms with Gasteiger partial charge in [-0.2, -0.15) is 5.26 Å². The number of carbonyl (C=O) groups excluding carboxylic acids is 3. The fourth-order valence-corrected chi connectivity index (χ4v) is 10.8. The number of nitrogens with zero attached hydrogens (tertiary/aromatic N) is 3. The minimum atomic E-state index is -1.03. The number of methoxy groups -OCH3 is 2. The number of likely N-dealkylation sites (N-methyl/N-ethyl adjacent to an activating group) is 1. The molecule has 0 aliphatic carbocycles. The second-order valence-corrected chi connectivity index (χ2v) is 15.9. The predicted molar refractivity (Wildman–Crippen MR) is 208 cm³/mol. The zero-order valence-electron chi connectivity index (χ0n) is 32.5. The topological polar surface area (TPSA) is 158 Å². The molecule has 2 fully saturated rings. The highest BCUT2D eigenvalue weighted by Gasteiger charge is 2.61. The molecule has 3 aromatic carbocycles. The number of benzene rings is 3. The van der Waals surface area contributed by atoms with Crippen LogP contribution in [-0.4, -0.2) is 99.0 Å². The summed E-state index contributed by atoms with van der Waals surface area (Å²) >= 11 is 1.42. The van der Waals surface area contributed by atoms with E-state index in [0.717, 1.165) is 22.3 Å². The number of esters is 2. The van der Waals surface area contributed by atoms with Crippen molar-refractivity contribution < 1.29 is 47.5 Å². The number of amides is 1. The molecule has 7 atom stereocenters. The first-order chi connectivity index (χ1) is 27.6. The van der Waals surface area contributed by atoms with E-state index in [9.17, 15) is 19.6 Å². The van der Waals surface area contributed by atoms with Crippen LogP contribution in [-0.2, 0) is 30.3 Å². The average molecular weight is 797 g/mol. The Morgan fingerprint density at radius 1 is 1.05 bits per heavy atom. The lowest BCUT2D eigenvalue weighted by Crippen LogP contribution is -2.69. The van der Waals surface area contributed by atoms with Crippen molar-refractivity contribution in [1.29, 1.82) is 5.26 Å². The molecule has 6 aliphatic heterocycles. The maximum atomic E-state index is 14.0. The Morgan fingerprint density at radius 3 is 2.54 bits per heavy atom. The van der Waals surface area contributed by atoms with E-state index in [1.54, 1.807) is 20.3 Å². The average Bonchev–Trinajstić information content (AvgIpc) is 3.69. The molecule has 57 heavy (non-hydrogen) atoms. The minimum absolute atomic E-state index is 0.0275.